The molecule has 1 heterocycles. The van der Waals surface area contributed by atoms with E-state index in [0.717, 1.165) is 22.8 Å². The number of carbonyl (C=O) groups is 1. The molecule has 1 aromatic heterocycles. The first-order valence-corrected chi connectivity index (χ1v) is 10.4. The first kappa shape index (κ1) is 22.3. The Labute approximate surface area is 189 Å². The van der Waals surface area contributed by atoms with Gasteiger partial charge in [0, 0.05) is 16.8 Å². The number of benzene rings is 3. The molecule has 0 radical (unpaired) electrons. The van der Waals surface area contributed by atoms with Crippen molar-refractivity contribution in [3.05, 3.63) is 95.2 Å². The Morgan fingerprint density at radius 2 is 1.64 bits per heavy atom. The lowest BCUT2D eigenvalue weighted by Gasteiger charge is -2.14. The van der Waals surface area contributed by atoms with Gasteiger partial charge in [0.1, 0.15) is 5.69 Å². The number of hydrogen-bond acceptors (Lipinski definition) is 3. The quantitative estimate of drug-likeness (QED) is 0.353. The number of para-hydroxylation sites is 1. The van der Waals surface area contributed by atoms with Crippen LogP contribution in [0.4, 0.5) is 30.2 Å². The topological polar surface area (TPSA) is 54.0 Å². The summed E-state index contributed by atoms with van der Waals surface area (Å²) in [6, 6.07) is 20.3. The van der Waals surface area contributed by atoms with Gasteiger partial charge in [-0.05, 0) is 60.9 Å². The number of nitrogens with one attached hydrogen (secondary N) is 2. The van der Waals surface area contributed by atoms with Crippen LogP contribution in [-0.2, 0) is 17.4 Å². The number of halogens is 3. The second-order valence-corrected chi connectivity index (χ2v) is 7.86. The van der Waals surface area contributed by atoms with E-state index >= 15 is 0 Å². The largest absolute Gasteiger partial charge is 0.433 e. The molecular weight excluding hydrogens is 427 g/mol. The molecule has 0 spiro atoms. The van der Waals surface area contributed by atoms with Gasteiger partial charge in [-0.25, -0.2) is 4.98 Å². The highest BCUT2D eigenvalue weighted by molar-refractivity contribution is 5.95. The molecule has 7 heteroatoms. The van der Waals surface area contributed by atoms with Gasteiger partial charge >= 0.3 is 6.18 Å². The van der Waals surface area contributed by atoms with E-state index in [9.17, 15) is 18.0 Å². The molecule has 0 saturated heterocycles. The van der Waals surface area contributed by atoms with Crippen LogP contribution in [-0.4, -0.2) is 10.9 Å². The first-order chi connectivity index (χ1) is 15.7. The minimum Gasteiger partial charge on any atom is -0.355 e. The van der Waals surface area contributed by atoms with Crippen LogP contribution in [0.15, 0.2) is 72.8 Å². The van der Waals surface area contributed by atoms with E-state index in [1.165, 1.54) is 0 Å². The fourth-order valence-corrected chi connectivity index (χ4v) is 3.64. The van der Waals surface area contributed by atoms with Crippen LogP contribution in [0, 0.1) is 13.8 Å². The minimum atomic E-state index is -4.57. The molecule has 0 aliphatic rings. The van der Waals surface area contributed by atoms with Crippen molar-refractivity contribution in [3.63, 3.8) is 0 Å². The smallest absolute Gasteiger partial charge is 0.355 e. The summed E-state index contributed by atoms with van der Waals surface area (Å²) < 4.78 is 40.0. The van der Waals surface area contributed by atoms with Gasteiger partial charge in [0.15, 0.2) is 0 Å². The van der Waals surface area contributed by atoms with Crippen molar-refractivity contribution >= 4 is 33.9 Å². The third-order valence-electron chi connectivity index (χ3n) is 5.50. The number of alkyl halides is 3. The van der Waals surface area contributed by atoms with Crippen molar-refractivity contribution in [2.75, 3.05) is 10.6 Å². The van der Waals surface area contributed by atoms with Gasteiger partial charge in [-0.15, -0.1) is 0 Å². The fraction of sp³-hybridized carbons (Fsp3) is 0.154. The zero-order chi connectivity index (χ0) is 23.6. The lowest BCUT2D eigenvalue weighted by molar-refractivity contribution is -0.140. The van der Waals surface area contributed by atoms with Gasteiger partial charge in [0.05, 0.1) is 17.6 Å². The zero-order valence-corrected chi connectivity index (χ0v) is 18.1. The number of pyridine rings is 1. The Morgan fingerprint density at radius 1 is 0.909 bits per heavy atom. The number of rotatable bonds is 5. The lowest BCUT2D eigenvalue weighted by Crippen LogP contribution is -2.15. The van der Waals surface area contributed by atoms with Crippen LogP contribution < -0.4 is 10.6 Å². The summed E-state index contributed by atoms with van der Waals surface area (Å²) in [6.45, 7) is 3.98. The Morgan fingerprint density at radius 3 is 2.42 bits per heavy atom. The van der Waals surface area contributed by atoms with Crippen molar-refractivity contribution in [3.8, 4) is 0 Å². The molecule has 168 valence electrons. The predicted molar refractivity (Wildman–Crippen MR) is 125 cm³/mol. The minimum absolute atomic E-state index is 0.172. The normalized spacial score (nSPS) is 11.4. The van der Waals surface area contributed by atoms with Crippen LogP contribution in [0.3, 0.4) is 0 Å². The fourth-order valence-electron chi connectivity index (χ4n) is 3.64. The average molecular weight is 449 g/mol. The lowest BCUT2D eigenvalue weighted by atomic mass is 10.0. The van der Waals surface area contributed by atoms with Crippen LogP contribution >= 0.6 is 0 Å². The highest BCUT2D eigenvalue weighted by atomic mass is 19.4. The Balaban J connectivity index is 1.57. The Hall–Kier alpha value is -3.87. The van der Waals surface area contributed by atoms with Crippen molar-refractivity contribution in [1.29, 1.82) is 0 Å². The number of hydrogen-bond donors (Lipinski definition) is 2. The zero-order valence-electron chi connectivity index (χ0n) is 18.1. The molecule has 1 amide bonds. The van der Waals surface area contributed by atoms with E-state index in [4.69, 9.17) is 0 Å². The third kappa shape index (κ3) is 5.14. The monoisotopic (exact) mass is 449 g/mol. The molecule has 2 N–H and O–H groups in total. The highest BCUT2D eigenvalue weighted by Crippen LogP contribution is 2.34. The summed E-state index contributed by atoms with van der Waals surface area (Å²) in [7, 11) is 0. The second kappa shape index (κ2) is 8.94. The molecule has 4 rings (SSSR count). The van der Waals surface area contributed by atoms with Gasteiger partial charge < -0.3 is 10.6 Å². The summed E-state index contributed by atoms with van der Waals surface area (Å²) in [5.74, 6) is -0.172. The molecule has 4 aromatic rings. The molecule has 4 nitrogen and oxygen atoms in total. The van der Waals surface area contributed by atoms with E-state index in [1.807, 2.05) is 32.0 Å². The Bertz CT molecular complexity index is 1330. The maximum absolute atomic E-state index is 13.3. The molecule has 33 heavy (non-hydrogen) atoms. The summed E-state index contributed by atoms with van der Waals surface area (Å²) in [5.41, 5.74) is 3.79. The molecule has 0 bridgehead atoms. The van der Waals surface area contributed by atoms with Crippen molar-refractivity contribution < 1.29 is 18.0 Å². The van der Waals surface area contributed by atoms with Gasteiger partial charge in [-0.3, -0.25) is 4.79 Å². The number of nitrogens with zero attached hydrogens (tertiary/aromatic N) is 1. The Kier molecular flexibility index (Phi) is 6.05. The number of anilines is 3. The summed E-state index contributed by atoms with van der Waals surface area (Å²) in [6.07, 6.45) is -4.33. The number of carbonyl (C=O) groups excluding carboxylic acids is 1. The van der Waals surface area contributed by atoms with Gasteiger partial charge in [-0.1, -0.05) is 42.5 Å². The van der Waals surface area contributed by atoms with Gasteiger partial charge in [0.2, 0.25) is 5.91 Å². The molecule has 0 aliphatic heterocycles. The van der Waals surface area contributed by atoms with Crippen LogP contribution in [0.25, 0.3) is 10.9 Å². The maximum Gasteiger partial charge on any atom is 0.433 e. The van der Waals surface area contributed by atoms with Crippen LogP contribution in [0.2, 0.25) is 0 Å². The molecule has 3 aromatic carbocycles. The van der Waals surface area contributed by atoms with E-state index in [-0.39, 0.29) is 23.5 Å². The first-order valence-electron chi connectivity index (χ1n) is 10.4. The average Bonchev–Trinajstić information content (AvgIpc) is 2.76. The molecule has 0 unspecified atom stereocenters. The van der Waals surface area contributed by atoms with Crippen molar-refractivity contribution in [2.45, 2.75) is 26.4 Å². The highest BCUT2D eigenvalue weighted by Gasteiger charge is 2.33. The molecule has 0 aliphatic carbocycles. The van der Waals surface area contributed by atoms with E-state index in [0.29, 0.717) is 16.8 Å². The summed E-state index contributed by atoms with van der Waals surface area (Å²) in [5, 5.41) is 6.48. The van der Waals surface area contributed by atoms with Crippen molar-refractivity contribution in [2.24, 2.45) is 0 Å². The third-order valence-corrected chi connectivity index (χ3v) is 5.50. The predicted octanol–water partition coefficient (Wildman–Crippen LogP) is 6.80. The molecule has 0 fully saturated rings. The number of fused-ring (bicyclic) bond motifs is 1. The number of aromatic nitrogens is 1. The van der Waals surface area contributed by atoms with Crippen molar-refractivity contribution in [1.82, 2.24) is 4.98 Å². The summed E-state index contributed by atoms with van der Waals surface area (Å²) >= 11 is 0. The van der Waals surface area contributed by atoms with E-state index < -0.39 is 11.9 Å². The number of aryl methyl sites for hydroxylation is 1. The van der Waals surface area contributed by atoms with Gasteiger partial charge in [-0.2, -0.15) is 13.2 Å². The van der Waals surface area contributed by atoms with Crippen LogP contribution in [0.5, 0.6) is 0 Å². The second-order valence-electron chi connectivity index (χ2n) is 7.86. The molecule has 0 saturated carbocycles. The van der Waals surface area contributed by atoms with E-state index in [1.54, 1.807) is 48.5 Å². The van der Waals surface area contributed by atoms with E-state index in [2.05, 4.69) is 15.6 Å². The SMILES string of the molecule is Cc1cccc(CC(=O)Nc2cccc(Nc3cc(C(F)(F)F)nc4ccccc34)c2)c1C. The van der Waals surface area contributed by atoms with Gasteiger partial charge in [0.25, 0.3) is 0 Å². The standard InChI is InChI=1S/C26H22F3N3O/c1-16-7-5-8-18(17(16)2)13-25(33)31-20-10-6-9-19(14-20)30-23-15-24(26(27,28)29)32-22-12-4-3-11-21(22)23/h3-12,14-15H,13H2,1-2H3,(H,30,32)(H,31,33). The molecule has 0 atom stereocenters. The van der Waals surface area contributed by atoms with Crippen LogP contribution in [0.1, 0.15) is 22.4 Å². The number of amides is 1. The maximum atomic E-state index is 13.3. The summed E-state index contributed by atoms with van der Waals surface area (Å²) in [4.78, 5) is 16.3. The molecular formula is C26H22F3N3O.